The SMILES string of the molecule is CCCCC(N=C(C)CC1CCC1)=NC. The van der Waals surface area contributed by atoms with Crippen LogP contribution in [0, 0.1) is 5.92 Å². The van der Waals surface area contributed by atoms with E-state index in [0.717, 1.165) is 18.2 Å². The number of hydrogen-bond acceptors (Lipinski definition) is 1. The van der Waals surface area contributed by atoms with Crippen molar-refractivity contribution < 1.29 is 0 Å². The zero-order valence-corrected chi connectivity index (χ0v) is 10.4. The molecule has 2 heteroatoms. The van der Waals surface area contributed by atoms with Crippen LogP contribution in [0.4, 0.5) is 0 Å². The second kappa shape index (κ2) is 6.76. The summed E-state index contributed by atoms with van der Waals surface area (Å²) in [5.74, 6) is 1.95. The van der Waals surface area contributed by atoms with E-state index in [1.54, 1.807) is 0 Å². The highest BCUT2D eigenvalue weighted by Crippen LogP contribution is 2.29. The molecule has 0 aromatic rings. The molecule has 0 N–H and O–H groups in total. The molecule has 0 amide bonds. The van der Waals surface area contributed by atoms with Crippen LogP contribution in [0.3, 0.4) is 0 Å². The molecule has 0 bridgehead atoms. The summed E-state index contributed by atoms with van der Waals surface area (Å²) < 4.78 is 0. The summed E-state index contributed by atoms with van der Waals surface area (Å²) in [5, 5.41) is 0. The fourth-order valence-electron chi connectivity index (χ4n) is 1.93. The third-order valence-electron chi connectivity index (χ3n) is 3.14. The average molecular weight is 208 g/mol. The lowest BCUT2D eigenvalue weighted by Crippen LogP contribution is -2.15. The number of amidine groups is 1. The Labute approximate surface area is 93.9 Å². The van der Waals surface area contributed by atoms with Gasteiger partial charge in [0.15, 0.2) is 0 Å². The molecule has 0 aromatic carbocycles. The van der Waals surface area contributed by atoms with Gasteiger partial charge in [-0.2, -0.15) is 0 Å². The first-order valence-electron chi connectivity index (χ1n) is 6.26. The maximum absolute atomic E-state index is 4.62. The zero-order chi connectivity index (χ0) is 11.1. The van der Waals surface area contributed by atoms with Crippen molar-refractivity contribution in [1.29, 1.82) is 0 Å². The van der Waals surface area contributed by atoms with Gasteiger partial charge in [-0.25, -0.2) is 4.99 Å². The van der Waals surface area contributed by atoms with E-state index in [1.807, 2.05) is 7.05 Å². The standard InChI is InChI=1S/C13H24N2/c1-4-5-9-13(14-3)15-11(2)10-12-7-6-8-12/h12H,4-10H2,1-3H3. The van der Waals surface area contributed by atoms with E-state index in [9.17, 15) is 0 Å². The molecule has 0 aliphatic heterocycles. The van der Waals surface area contributed by atoms with E-state index >= 15 is 0 Å². The van der Waals surface area contributed by atoms with Gasteiger partial charge in [-0.05, 0) is 25.7 Å². The van der Waals surface area contributed by atoms with Crippen LogP contribution in [0.1, 0.15) is 58.8 Å². The first-order chi connectivity index (χ1) is 7.26. The molecule has 0 unspecified atom stereocenters. The number of hydrogen-bond donors (Lipinski definition) is 0. The average Bonchev–Trinajstić information content (AvgIpc) is 2.18. The van der Waals surface area contributed by atoms with Crippen LogP contribution in [-0.4, -0.2) is 18.6 Å². The normalized spacial score (nSPS) is 19.1. The Kier molecular flexibility index (Phi) is 5.59. The minimum absolute atomic E-state index is 0.915. The second-order valence-corrected chi connectivity index (χ2v) is 4.59. The van der Waals surface area contributed by atoms with Crippen molar-refractivity contribution in [3.63, 3.8) is 0 Å². The van der Waals surface area contributed by atoms with Crippen molar-refractivity contribution in [1.82, 2.24) is 0 Å². The van der Waals surface area contributed by atoms with Crippen molar-refractivity contribution in [2.45, 2.75) is 58.8 Å². The Hall–Kier alpha value is -0.660. The van der Waals surface area contributed by atoms with E-state index in [2.05, 4.69) is 23.8 Å². The highest BCUT2D eigenvalue weighted by Gasteiger charge is 2.17. The summed E-state index contributed by atoms with van der Waals surface area (Å²) in [5.41, 5.74) is 1.27. The molecule has 1 fully saturated rings. The highest BCUT2D eigenvalue weighted by atomic mass is 14.9. The van der Waals surface area contributed by atoms with Gasteiger partial charge < -0.3 is 0 Å². The van der Waals surface area contributed by atoms with Crippen LogP contribution in [-0.2, 0) is 0 Å². The Bertz CT molecular complexity index is 237. The predicted octanol–water partition coefficient (Wildman–Crippen LogP) is 3.86. The molecule has 1 saturated carbocycles. The minimum atomic E-state index is 0.915. The minimum Gasteiger partial charge on any atom is -0.274 e. The van der Waals surface area contributed by atoms with Gasteiger partial charge in [0, 0.05) is 19.2 Å². The highest BCUT2D eigenvalue weighted by molar-refractivity contribution is 5.97. The van der Waals surface area contributed by atoms with Crippen molar-refractivity contribution in [2.24, 2.45) is 15.9 Å². The van der Waals surface area contributed by atoms with Crippen molar-refractivity contribution >= 4 is 11.5 Å². The molecule has 1 aliphatic carbocycles. The Balaban J connectivity index is 2.35. The first kappa shape index (κ1) is 12.4. The number of rotatable bonds is 5. The van der Waals surface area contributed by atoms with E-state index in [-0.39, 0.29) is 0 Å². The summed E-state index contributed by atoms with van der Waals surface area (Å²) in [6.45, 7) is 4.35. The second-order valence-electron chi connectivity index (χ2n) is 4.59. The van der Waals surface area contributed by atoms with Gasteiger partial charge in [0.2, 0.25) is 0 Å². The van der Waals surface area contributed by atoms with Crippen LogP contribution >= 0.6 is 0 Å². The molecule has 0 aromatic heterocycles. The van der Waals surface area contributed by atoms with Gasteiger partial charge >= 0.3 is 0 Å². The van der Waals surface area contributed by atoms with Gasteiger partial charge in [-0.3, -0.25) is 4.99 Å². The van der Waals surface area contributed by atoms with Gasteiger partial charge in [0.1, 0.15) is 5.84 Å². The van der Waals surface area contributed by atoms with Gasteiger partial charge in [0.25, 0.3) is 0 Å². The van der Waals surface area contributed by atoms with Crippen molar-refractivity contribution in [3.05, 3.63) is 0 Å². The largest absolute Gasteiger partial charge is 0.274 e. The summed E-state index contributed by atoms with van der Waals surface area (Å²) >= 11 is 0. The topological polar surface area (TPSA) is 24.7 Å². The summed E-state index contributed by atoms with van der Waals surface area (Å²) in [6.07, 6.45) is 8.87. The van der Waals surface area contributed by atoms with Gasteiger partial charge in [-0.15, -0.1) is 0 Å². The quantitative estimate of drug-likeness (QED) is 0.484. The Morgan fingerprint density at radius 2 is 2.07 bits per heavy atom. The molecule has 1 aliphatic rings. The van der Waals surface area contributed by atoms with Crippen molar-refractivity contribution in [2.75, 3.05) is 7.05 Å². The van der Waals surface area contributed by atoms with Crippen LogP contribution < -0.4 is 0 Å². The van der Waals surface area contributed by atoms with Crippen molar-refractivity contribution in [3.8, 4) is 0 Å². The molecule has 86 valence electrons. The summed E-state index contributed by atoms with van der Waals surface area (Å²) in [7, 11) is 1.85. The molecule has 0 spiro atoms. The van der Waals surface area contributed by atoms with E-state index < -0.39 is 0 Å². The maximum atomic E-state index is 4.62. The molecule has 15 heavy (non-hydrogen) atoms. The van der Waals surface area contributed by atoms with Crippen LogP contribution in [0.5, 0.6) is 0 Å². The van der Waals surface area contributed by atoms with Crippen LogP contribution in [0.2, 0.25) is 0 Å². The molecule has 2 nitrogen and oxygen atoms in total. The van der Waals surface area contributed by atoms with Crippen LogP contribution in [0.15, 0.2) is 9.98 Å². The molecule has 0 radical (unpaired) electrons. The summed E-state index contributed by atoms with van der Waals surface area (Å²) in [4.78, 5) is 8.87. The number of nitrogens with zero attached hydrogens (tertiary/aromatic N) is 2. The molecular formula is C13H24N2. The lowest BCUT2D eigenvalue weighted by atomic mass is 9.82. The zero-order valence-electron chi connectivity index (χ0n) is 10.4. The third kappa shape index (κ3) is 4.59. The lowest BCUT2D eigenvalue weighted by Gasteiger charge is -2.24. The van der Waals surface area contributed by atoms with E-state index in [0.29, 0.717) is 0 Å². The smallest absolute Gasteiger partial charge is 0.122 e. The van der Waals surface area contributed by atoms with E-state index in [1.165, 1.54) is 44.2 Å². The number of aliphatic imine (C=N–C) groups is 2. The Morgan fingerprint density at radius 1 is 1.33 bits per heavy atom. The molecule has 0 heterocycles. The first-order valence-corrected chi connectivity index (χ1v) is 6.26. The molecule has 0 atom stereocenters. The predicted molar refractivity (Wildman–Crippen MR) is 68.0 cm³/mol. The molecule has 0 saturated heterocycles. The maximum Gasteiger partial charge on any atom is 0.122 e. The van der Waals surface area contributed by atoms with Crippen LogP contribution in [0.25, 0.3) is 0 Å². The third-order valence-corrected chi connectivity index (χ3v) is 3.14. The summed E-state index contributed by atoms with van der Waals surface area (Å²) in [6, 6.07) is 0. The van der Waals surface area contributed by atoms with Gasteiger partial charge in [-0.1, -0.05) is 32.6 Å². The fourth-order valence-corrected chi connectivity index (χ4v) is 1.93. The molecular weight excluding hydrogens is 184 g/mol. The fraction of sp³-hybridized carbons (Fsp3) is 0.846. The molecule has 1 rings (SSSR count). The Morgan fingerprint density at radius 3 is 2.53 bits per heavy atom. The van der Waals surface area contributed by atoms with Gasteiger partial charge in [0.05, 0.1) is 0 Å². The van der Waals surface area contributed by atoms with E-state index in [4.69, 9.17) is 0 Å². The lowest BCUT2D eigenvalue weighted by molar-refractivity contribution is 0.326. The monoisotopic (exact) mass is 208 g/mol. The number of unbranched alkanes of at least 4 members (excludes halogenated alkanes) is 1.